The Balaban J connectivity index is 1.98. The van der Waals surface area contributed by atoms with Crippen LogP contribution in [-0.2, 0) is 4.79 Å². The van der Waals surface area contributed by atoms with Crippen molar-refractivity contribution in [2.24, 2.45) is 11.3 Å². The molecule has 2 aliphatic rings. The van der Waals surface area contributed by atoms with Crippen molar-refractivity contribution in [3.63, 3.8) is 0 Å². The van der Waals surface area contributed by atoms with Crippen molar-refractivity contribution in [1.29, 1.82) is 0 Å². The molecule has 3 heteroatoms. The van der Waals surface area contributed by atoms with Gasteiger partial charge in [-0.3, -0.25) is 4.79 Å². The minimum absolute atomic E-state index is 0.123. The van der Waals surface area contributed by atoms with Gasteiger partial charge in [0.25, 0.3) is 0 Å². The van der Waals surface area contributed by atoms with Gasteiger partial charge in [-0.2, -0.15) is 0 Å². The molecule has 0 aromatic heterocycles. The Labute approximate surface area is 79.3 Å². The Morgan fingerprint density at radius 2 is 1.92 bits per heavy atom. The number of rotatable bonds is 1. The van der Waals surface area contributed by atoms with Crippen molar-refractivity contribution in [2.75, 3.05) is 13.1 Å². The van der Waals surface area contributed by atoms with Crippen molar-refractivity contribution >= 4 is 5.91 Å². The van der Waals surface area contributed by atoms with Gasteiger partial charge in [0.2, 0.25) is 5.91 Å². The monoisotopic (exact) mass is 182 g/mol. The van der Waals surface area contributed by atoms with Crippen LogP contribution in [0, 0.1) is 11.3 Å². The number of piperidine rings is 1. The van der Waals surface area contributed by atoms with Crippen LogP contribution in [0.1, 0.15) is 26.7 Å². The first kappa shape index (κ1) is 9.00. The van der Waals surface area contributed by atoms with Crippen molar-refractivity contribution in [2.45, 2.75) is 32.7 Å². The van der Waals surface area contributed by atoms with E-state index in [1.165, 1.54) is 12.8 Å². The minimum Gasteiger partial charge on any atom is -0.351 e. The van der Waals surface area contributed by atoms with Crippen LogP contribution in [0.4, 0.5) is 0 Å². The summed E-state index contributed by atoms with van der Waals surface area (Å²) in [6, 6.07) is 0.419. The van der Waals surface area contributed by atoms with Crippen LogP contribution in [0.15, 0.2) is 0 Å². The maximum Gasteiger partial charge on any atom is 0.228 e. The molecule has 74 valence electrons. The summed E-state index contributed by atoms with van der Waals surface area (Å²) in [4.78, 5) is 11.3. The third kappa shape index (κ3) is 1.35. The summed E-state index contributed by atoms with van der Waals surface area (Å²) in [6.07, 6.45) is 2.41. The number of nitrogens with one attached hydrogen (secondary N) is 2. The second-order valence-electron chi connectivity index (χ2n) is 4.76. The molecule has 2 rings (SSSR count). The highest BCUT2D eigenvalue weighted by Gasteiger charge is 2.50. The SMILES string of the molecule is CC1(C)C(=O)N[C@H]1C1CCNCC1. The summed E-state index contributed by atoms with van der Waals surface area (Å²) >= 11 is 0. The summed E-state index contributed by atoms with van der Waals surface area (Å²) < 4.78 is 0. The van der Waals surface area contributed by atoms with Gasteiger partial charge in [-0.15, -0.1) is 0 Å². The smallest absolute Gasteiger partial charge is 0.228 e. The second kappa shape index (κ2) is 2.98. The van der Waals surface area contributed by atoms with Crippen LogP contribution in [-0.4, -0.2) is 25.0 Å². The summed E-state index contributed by atoms with van der Waals surface area (Å²) in [5, 5.41) is 6.38. The molecule has 0 spiro atoms. The second-order valence-corrected chi connectivity index (χ2v) is 4.76. The summed E-state index contributed by atoms with van der Waals surface area (Å²) in [6.45, 7) is 6.32. The zero-order chi connectivity index (χ0) is 9.47. The first-order chi connectivity index (χ1) is 6.12. The van der Waals surface area contributed by atoms with Gasteiger partial charge in [0.05, 0.1) is 5.41 Å². The van der Waals surface area contributed by atoms with E-state index >= 15 is 0 Å². The van der Waals surface area contributed by atoms with E-state index in [4.69, 9.17) is 0 Å². The van der Waals surface area contributed by atoms with Gasteiger partial charge in [0, 0.05) is 6.04 Å². The van der Waals surface area contributed by atoms with Gasteiger partial charge < -0.3 is 10.6 Å². The van der Waals surface area contributed by atoms with E-state index in [2.05, 4.69) is 24.5 Å². The molecular weight excluding hydrogens is 164 g/mol. The zero-order valence-corrected chi connectivity index (χ0v) is 8.39. The third-order valence-electron chi connectivity index (χ3n) is 3.50. The molecule has 1 amide bonds. The van der Waals surface area contributed by atoms with E-state index in [0.29, 0.717) is 12.0 Å². The number of hydrogen-bond donors (Lipinski definition) is 2. The Hall–Kier alpha value is -0.570. The van der Waals surface area contributed by atoms with Crippen molar-refractivity contribution in [3.8, 4) is 0 Å². The fourth-order valence-corrected chi connectivity index (χ4v) is 2.46. The summed E-state index contributed by atoms with van der Waals surface area (Å²) in [7, 11) is 0. The minimum atomic E-state index is -0.123. The van der Waals surface area contributed by atoms with Crippen LogP contribution in [0.3, 0.4) is 0 Å². The van der Waals surface area contributed by atoms with Crippen LogP contribution in [0.2, 0.25) is 0 Å². The van der Waals surface area contributed by atoms with Gasteiger partial charge in [-0.25, -0.2) is 0 Å². The molecule has 0 bridgehead atoms. The fourth-order valence-electron chi connectivity index (χ4n) is 2.46. The predicted molar refractivity (Wildman–Crippen MR) is 51.3 cm³/mol. The average Bonchev–Trinajstić information content (AvgIpc) is 2.15. The Morgan fingerprint density at radius 3 is 2.38 bits per heavy atom. The molecule has 13 heavy (non-hydrogen) atoms. The topological polar surface area (TPSA) is 41.1 Å². The molecule has 2 fully saturated rings. The molecule has 0 saturated carbocycles. The standard InChI is InChI=1S/C10H18N2O/c1-10(2)8(12-9(10)13)7-3-5-11-6-4-7/h7-8,11H,3-6H2,1-2H3,(H,12,13)/t8-/m0/s1. The summed E-state index contributed by atoms with van der Waals surface area (Å²) in [5.74, 6) is 0.907. The van der Waals surface area contributed by atoms with Gasteiger partial charge >= 0.3 is 0 Å². The van der Waals surface area contributed by atoms with E-state index in [1.54, 1.807) is 0 Å². The largest absolute Gasteiger partial charge is 0.351 e. The van der Waals surface area contributed by atoms with E-state index < -0.39 is 0 Å². The molecule has 2 N–H and O–H groups in total. The molecular formula is C10H18N2O. The molecule has 2 heterocycles. The van der Waals surface area contributed by atoms with Crippen LogP contribution >= 0.6 is 0 Å². The van der Waals surface area contributed by atoms with Crippen molar-refractivity contribution in [1.82, 2.24) is 10.6 Å². The highest BCUT2D eigenvalue weighted by Crippen LogP contribution is 2.37. The molecule has 0 aromatic rings. The number of carbonyl (C=O) groups is 1. The Morgan fingerprint density at radius 1 is 1.31 bits per heavy atom. The normalized spacial score (nSPS) is 33.7. The summed E-state index contributed by atoms with van der Waals surface area (Å²) in [5.41, 5.74) is -0.123. The average molecular weight is 182 g/mol. The maximum absolute atomic E-state index is 11.3. The fraction of sp³-hybridized carbons (Fsp3) is 0.900. The molecule has 0 unspecified atom stereocenters. The lowest BCUT2D eigenvalue weighted by atomic mass is 9.68. The quantitative estimate of drug-likeness (QED) is 0.580. The molecule has 0 aromatic carbocycles. The highest BCUT2D eigenvalue weighted by molar-refractivity contribution is 5.89. The van der Waals surface area contributed by atoms with Gasteiger partial charge in [-0.05, 0) is 45.7 Å². The maximum atomic E-state index is 11.3. The lowest BCUT2D eigenvalue weighted by Gasteiger charge is -2.49. The van der Waals surface area contributed by atoms with Crippen LogP contribution < -0.4 is 10.6 Å². The van der Waals surface area contributed by atoms with E-state index in [9.17, 15) is 4.79 Å². The van der Waals surface area contributed by atoms with Gasteiger partial charge in [0.15, 0.2) is 0 Å². The lowest BCUT2D eigenvalue weighted by molar-refractivity contribution is -0.145. The lowest BCUT2D eigenvalue weighted by Crippen LogP contribution is -2.67. The predicted octanol–water partition coefficient (Wildman–Crippen LogP) is 0.511. The molecule has 3 nitrogen and oxygen atoms in total. The molecule has 2 aliphatic heterocycles. The van der Waals surface area contributed by atoms with Crippen LogP contribution in [0.25, 0.3) is 0 Å². The Kier molecular flexibility index (Phi) is 2.06. The zero-order valence-electron chi connectivity index (χ0n) is 8.39. The Bertz CT molecular complexity index is 219. The van der Waals surface area contributed by atoms with E-state index in [-0.39, 0.29) is 11.3 Å². The van der Waals surface area contributed by atoms with Gasteiger partial charge in [0.1, 0.15) is 0 Å². The number of hydrogen-bond acceptors (Lipinski definition) is 2. The van der Waals surface area contributed by atoms with E-state index in [0.717, 1.165) is 13.1 Å². The molecule has 2 saturated heterocycles. The number of β-lactam (4-membered cyclic amide) rings is 1. The van der Waals surface area contributed by atoms with Crippen molar-refractivity contribution < 1.29 is 4.79 Å². The first-order valence-electron chi connectivity index (χ1n) is 5.14. The van der Waals surface area contributed by atoms with Crippen LogP contribution in [0.5, 0.6) is 0 Å². The van der Waals surface area contributed by atoms with Crippen molar-refractivity contribution in [3.05, 3.63) is 0 Å². The number of carbonyl (C=O) groups excluding carboxylic acids is 1. The third-order valence-corrected chi connectivity index (χ3v) is 3.50. The molecule has 0 aliphatic carbocycles. The number of amides is 1. The molecule has 0 radical (unpaired) electrons. The van der Waals surface area contributed by atoms with E-state index in [1.807, 2.05) is 0 Å². The first-order valence-corrected chi connectivity index (χ1v) is 5.14. The van der Waals surface area contributed by atoms with Gasteiger partial charge in [-0.1, -0.05) is 0 Å². The molecule has 1 atom stereocenters. The highest BCUT2D eigenvalue weighted by atomic mass is 16.2.